The molecule has 0 aliphatic rings. The molecule has 0 aliphatic heterocycles. The number of hydrogen-bond donors (Lipinski definition) is 0. The van der Waals surface area contributed by atoms with Crippen molar-refractivity contribution in [2.45, 2.75) is 0 Å². The van der Waals surface area contributed by atoms with E-state index < -0.39 is 0 Å². The molecule has 0 amide bonds. The lowest BCUT2D eigenvalue weighted by atomic mass is 10.2. The zero-order valence-electron chi connectivity index (χ0n) is 10.5. The van der Waals surface area contributed by atoms with Gasteiger partial charge in [-0.2, -0.15) is 0 Å². The van der Waals surface area contributed by atoms with Crippen molar-refractivity contribution in [1.82, 2.24) is 14.5 Å². The van der Waals surface area contributed by atoms with Gasteiger partial charge in [-0.15, -0.1) is 0 Å². The summed E-state index contributed by atoms with van der Waals surface area (Å²) in [7, 11) is 0. The van der Waals surface area contributed by atoms with Gasteiger partial charge in [0.25, 0.3) is 0 Å². The molecule has 0 bridgehead atoms. The molecule has 3 aromatic heterocycles. The van der Waals surface area contributed by atoms with Crippen molar-refractivity contribution in [2.24, 2.45) is 0 Å². The minimum Gasteiger partial charge on any atom is -0.300 e. The topological polar surface area (TPSA) is 30.7 Å². The van der Waals surface area contributed by atoms with Gasteiger partial charge in [-0.25, -0.2) is 4.98 Å². The Morgan fingerprint density at radius 2 is 1.85 bits per heavy atom. The summed E-state index contributed by atoms with van der Waals surface area (Å²) in [5.41, 5.74) is 1.07. The summed E-state index contributed by atoms with van der Waals surface area (Å²) in [6.07, 6.45) is 7.64. The second-order valence-corrected chi connectivity index (χ2v) is 5.90. The van der Waals surface area contributed by atoms with Crippen LogP contribution in [0.5, 0.6) is 0 Å². The fourth-order valence-electron chi connectivity index (χ4n) is 2.41. The molecule has 0 fully saturated rings. The van der Waals surface area contributed by atoms with E-state index in [0.717, 1.165) is 16.7 Å². The number of aromatic nitrogens is 3. The maximum absolute atomic E-state index is 4.56. The molecular weight excluding hydrogens is 361 g/mol. The van der Waals surface area contributed by atoms with Crippen molar-refractivity contribution in [3.63, 3.8) is 0 Å². The SMILES string of the molecule is Ic1ccc2cnc(-n3ccc4ccncc43)cc2c1. The van der Waals surface area contributed by atoms with Crippen LogP contribution in [-0.2, 0) is 0 Å². The van der Waals surface area contributed by atoms with Gasteiger partial charge in [0.2, 0.25) is 0 Å². The van der Waals surface area contributed by atoms with E-state index in [1.54, 1.807) is 0 Å². The predicted molar refractivity (Wildman–Crippen MR) is 89.1 cm³/mol. The average Bonchev–Trinajstić information content (AvgIpc) is 2.90. The third kappa shape index (κ3) is 1.87. The van der Waals surface area contributed by atoms with E-state index in [9.17, 15) is 0 Å². The van der Waals surface area contributed by atoms with Gasteiger partial charge in [0.1, 0.15) is 5.82 Å². The van der Waals surface area contributed by atoms with Gasteiger partial charge in [0.05, 0.1) is 11.7 Å². The molecule has 0 saturated carbocycles. The first kappa shape index (κ1) is 11.8. The molecule has 96 valence electrons. The standard InChI is InChI=1S/C16H10IN3/c17-14-2-1-12-9-19-16(8-13(12)7-14)20-6-4-11-3-5-18-10-15(11)20/h1-10H. The van der Waals surface area contributed by atoms with Gasteiger partial charge in [0, 0.05) is 32.9 Å². The number of benzene rings is 1. The molecule has 0 unspecified atom stereocenters. The molecule has 0 atom stereocenters. The summed E-state index contributed by atoms with van der Waals surface area (Å²) >= 11 is 2.33. The molecule has 4 rings (SSSR count). The van der Waals surface area contributed by atoms with Crippen LogP contribution in [0.3, 0.4) is 0 Å². The van der Waals surface area contributed by atoms with Crippen LogP contribution in [0.4, 0.5) is 0 Å². The molecule has 3 nitrogen and oxygen atoms in total. The molecule has 4 aromatic rings. The third-order valence-corrected chi connectivity index (χ3v) is 4.08. The molecular formula is C16H10IN3. The van der Waals surface area contributed by atoms with Gasteiger partial charge < -0.3 is 0 Å². The first-order chi connectivity index (χ1) is 9.81. The molecule has 0 spiro atoms. The molecule has 1 aromatic carbocycles. The largest absolute Gasteiger partial charge is 0.300 e. The van der Waals surface area contributed by atoms with Gasteiger partial charge in [-0.05, 0) is 58.3 Å². The third-order valence-electron chi connectivity index (χ3n) is 3.41. The number of fused-ring (bicyclic) bond motifs is 2. The highest BCUT2D eigenvalue weighted by Crippen LogP contribution is 2.22. The number of halogens is 1. The predicted octanol–water partition coefficient (Wildman–Crippen LogP) is 4.18. The van der Waals surface area contributed by atoms with Gasteiger partial charge in [-0.3, -0.25) is 9.55 Å². The van der Waals surface area contributed by atoms with E-state index >= 15 is 0 Å². The summed E-state index contributed by atoms with van der Waals surface area (Å²) < 4.78 is 3.30. The van der Waals surface area contributed by atoms with E-state index in [2.05, 4.69) is 67.5 Å². The van der Waals surface area contributed by atoms with E-state index in [4.69, 9.17) is 0 Å². The van der Waals surface area contributed by atoms with Crippen LogP contribution >= 0.6 is 22.6 Å². The molecule has 0 saturated heterocycles. The zero-order chi connectivity index (χ0) is 13.5. The van der Waals surface area contributed by atoms with Crippen molar-refractivity contribution in [3.8, 4) is 5.82 Å². The first-order valence-corrected chi connectivity index (χ1v) is 7.36. The van der Waals surface area contributed by atoms with Gasteiger partial charge >= 0.3 is 0 Å². The van der Waals surface area contributed by atoms with Crippen LogP contribution in [0, 0.1) is 3.57 Å². The lowest BCUT2D eigenvalue weighted by molar-refractivity contribution is 1.05. The summed E-state index contributed by atoms with van der Waals surface area (Å²) in [6, 6.07) is 12.6. The minimum absolute atomic E-state index is 0.919. The molecule has 20 heavy (non-hydrogen) atoms. The monoisotopic (exact) mass is 371 g/mol. The summed E-state index contributed by atoms with van der Waals surface area (Å²) in [6.45, 7) is 0. The fourth-order valence-corrected chi connectivity index (χ4v) is 2.92. The average molecular weight is 371 g/mol. The Kier molecular flexibility index (Phi) is 2.70. The molecule has 0 aliphatic carbocycles. The van der Waals surface area contributed by atoms with Crippen LogP contribution in [0.15, 0.2) is 61.2 Å². The lowest BCUT2D eigenvalue weighted by Gasteiger charge is -2.06. The van der Waals surface area contributed by atoms with Crippen molar-refractivity contribution >= 4 is 44.3 Å². The molecule has 0 N–H and O–H groups in total. The van der Waals surface area contributed by atoms with Crippen LogP contribution in [0.1, 0.15) is 0 Å². The first-order valence-electron chi connectivity index (χ1n) is 6.28. The molecule has 3 heterocycles. The quantitative estimate of drug-likeness (QED) is 0.470. The van der Waals surface area contributed by atoms with Crippen LogP contribution in [0.2, 0.25) is 0 Å². The van der Waals surface area contributed by atoms with Crippen molar-refractivity contribution in [1.29, 1.82) is 0 Å². The van der Waals surface area contributed by atoms with Crippen molar-refractivity contribution < 1.29 is 0 Å². The number of pyridine rings is 2. The van der Waals surface area contributed by atoms with Crippen molar-refractivity contribution in [3.05, 3.63) is 64.8 Å². The highest BCUT2D eigenvalue weighted by atomic mass is 127. The Morgan fingerprint density at radius 1 is 0.900 bits per heavy atom. The van der Waals surface area contributed by atoms with E-state index in [-0.39, 0.29) is 0 Å². The summed E-state index contributed by atoms with van der Waals surface area (Å²) in [5.74, 6) is 0.919. The summed E-state index contributed by atoms with van der Waals surface area (Å²) in [4.78, 5) is 8.76. The number of hydrogen-bond acceptors (Lipinski definition) is 2. The Balaban J connectivity index is 1.97. The second-order valence-electron chi connectivity index (χ2n) is 4.65. The molecule has 4 heteroatoms. The van der Waals surface area contributed by atoms with Crippen LogP contribution in [-0.4, -0.2) is 14.5 Å². The maximum Gasteiger partial charge on any atom is 0.137 e. The Labute approximate surface area is 129 Å². The number of rotatable bonds is 1. The normalized spacial score (nSPS) is 11.2. The van der Waals surface area contributed by atoms with E-state index in [1.807, 2.05) is 30.9 Å². The Bertz CT molecular complexity index is 927. The minimum atomic E-state index is 0.919. The maximum atomic E-state index is 4.56. The Morgan fingerprint density at radius 3 is 2.80 bits per heavy atom. The second kappa shape index (κ2) is 4.56. The van der Waals surface area contributed by atoms with E-state index in [1.165, 1.54) is 14.3 Å². The molecule has 0 radical (unpaired) electrons. The van der Waals surface area contributed by atoms with Crippen LogP contribution in [0.25, 0.3) is 27.5 Å². The highest BCUT2D eigenvalue weighted by Gasteiger charge is 2.05. The zero-order valence-corrected chi connectivity index (χ0v) is 12.7. The van der Waals surface area contributed by atoms with E-state index in [0.29, 0.717) is 0 Å². The van der Waals surface area contributed by atoms with Crippen LogP contribution < -0.4 is 0 Å². The van der Waals surface area contributed by atoms with Gasteiger partial charge in [-0.1, -0.05) is 6.07 Å². The van der Waals surface area contributed by atoms with Crippen molar-refractivity contribution in [2.75, 3.05) is 0 Å². The van der Waals surface area contributed by atoms with Gasteiger partial charge in [0.15, 0.2) is 0 Å². The fraction of sp³-hybridized carbons (Fsp3) is 0. The highest BCUT2D eigenvalue weighted by molar-refractivity contribution is 14.1. The lowest BCUT2D eigenvalue weighted by Crippen LogP contribution is -1.95. The summed E-state index contributed by atoms with van der Waals surface area (Å²) in [5, 5.41) is 3.53. The number of nitrogens with zero attached hydrogens (tertiary/aromatic N) is 3. The smallest absolute Gasteiger partial charge is 0.137 e. The Hall–Kier alpha value is -1.95.